The van der Waals surface area contributed by atoms with Crippen LogP contribution in [0.5, 0.6) is 0 Å². The maximum Gasteiger partial charge on any atom is 0.142 e. The first-order valence-corrected chi connectivity index (χ1v) is 4.62. The largest absolute Gasteiger partial charge is 0.380 e. The van der Waals surface area contributed by atoms with Crippen molar-refractivity contribution in [3.63, 3.8) is 0 Å². The van der Waals surface area contributed by atoms with Crippen LogP contribution in [-0.4, -0.2) is 24.7 Å². The molecule has 0 saturated carbocycles. The van der Waals surface area contributed by atoms with Gasteiger partial charge in [0.1, 0.15) is 11.6 Å². The summed E-state index contributed by atoms with van der Waals surface area (Å²) in [5.41, 5.74) is 2.49. The lowest BCUT2D eigenvalue weighted by molar-refractivity contribution is 0.158. The van der Waals surface area contributed by atoms with Gasteiger partial charge in [0.2, 0.25) is 0 Å². The molecule has 0 radical (unpaired) electrons. The van der Waals surface area contributed by atoms with Crippen molar-refractivity contribution in [1.29, 1.82) is 0 Å². The molecule has 5 nitrogen and oxygen atoms in total. The van der Waals surface area contributed by atoms with Gasteiger partial charge in [-0.3, -0.25) is 0 Å². The molecule has 78 valence electrons. The van der Waals surface area contributed by atoms with Crippen molar-refractivity contribution in [3.05, 3.63) is 18.2 Å². The van der Waals surface area contributed by atoms with Crippen LogP contribution in [0, 0.1) is 0 Å². The quantitative estimate of drug-likeness (QED) is 0.357. The molecule has 1 heterocycles. The van der Waals surface area contributed by atoms with Crippen LogP contribution in [0.3, 0.4) is 0 Å². The van der Waals surface area contributed by atoms with E-state index in [-0.39, 0.29) is 0 Å². The number of aromatic nitrogens is 1. The monoisotopic (exact) mass is 196 g/mol. The van der Waals surface area contributed by atoms with Gasteiger partial charge in [-0.25, -0.2) is 10.8 Å². The van der Waals surface area contributed by atoms with E-state index in [0.717, 1.165) is 19.0 Å². The normalized spacial score (nSPS) is 9.86. The van der Waals surface area contributed by atoms with Crippen LogP contribution in [0.1, 0.15) is 6.92 Å². The van der Waals surface area contributed by atoms with Gasteiger partial charge in [-0.1, -0.05) is 6.07 Å². The maximum absolute atomic E-state index is 5.23. The maximum atomic E-state index is 5.23. The average molecular weight is 196 g/mol. The van der Waals surface area contributed by atoms with Gasteiger partial charge in [-0.2, -0.15) is 0 Å². The van der Waals surface area contributed by atoms with Gasteiger partial charge in [0.05, 0.1) is 6.61 Å². The van der Waals surface area contributed by atoms with Crippen molar-refractivity contribution in [1.82, 2.24) is 4.98 Å². The summed E-state index contributed by atoms with van der Waals surface area (Å²) < 4.78 is 5.18. The number of pyridine rings is 1. The topological polar surface area (TPSA) is 72.2 Å². The number of nitrogen functional groups attached to an aromatic ring is 1. The molecule has 0 aliphatic rings. The highest BCUT2D eigenvalue weighted by atomic mass is 16.5. The number of hydrazine groups is 1. The van der Waals surface area contributed by atoms with Crippen molar-refractivity contribution < 1.29 is 4.74 Å². The summed E-state index contributed by atoms with van der Waals surface area (Å²) in [6, 6.07) is 5.56. The molecule has 5 heteroatoms. The van der Waals surface area contributed by atoms with E-state index in [9.17, 15) is 0 Å². The van der Waals surface area contributed by atoms with E-state index < -0.39 is 0 Å². The molecule has 0 aliphatic carbocycles. The highest BCUT2D eigenvalue weighted by molar-refractivity contribution is 5.44. The zero-order valence-corrected chi connectivity index (χ0v) is 8.29. The minimum atomic E-state index is 0.645. The fourth-order valence-electron chi connectivity index (χ4n) is 1.01. The third-order valence-electron chi connectivity index (χ3n) is 1.65. The lowest BCUT2D eigenvalue weighted by Gasteiger charge is -2.06. The van der Waals surface area contributed by atoms with Gasteiger partial charge in [-0.05, 0) is 19.1 Å². The summed E-state index contributed by atoms with van der Waals surface area (Å²) in [5, 5.41) is 3.12. The van der Waals surface area contributed by atoms with Crippen LogP contribution < -0.4 is 16.6 Å². The third-order valence-corrected chi connectivity index (χ3v) is 1.65. The summed E-state index contributed by atoms with van der Waals surface area (Å²) in [6.07, 6.45) is 0. The van der Waals surface area contributed by atoms with Gasteiger partial charge in [0.15, 0.2) is 0 Å². The Hall–Kier alpha value is -1.33. The molecule has 0 saturated heterocycles. The van der Waals surface area contributed by atoms with Crippen molar-refractivity contribution in [2.24, 2.45) is 5.84 Å². The van der Waals surface area contributed by atoms with Gasteiger partial charge in [0, 0.05) is 13.2 Å². The number of hydrogen-bond acceptors (Lipinski definition) is 5. The molecule has 14 heavy (non-hydrogen) atoms. The SMILES string of the molecule is CCOCCNc1cccc(NN)n1. The first-order chi connectivity index (χ1) is 6.86. The number of nitrogens with one attached hydrogen (secondary N) is 2. The Kier molecular flexibility index (Phi) is 4.74. The molecule has 0 atom stereocenters. The molecular weight excluding hydrogens is 180 g/mol. The first kappa shape index (κ1) is 10.7. The Labute approximate surface area is 83.6 Å². The van der Waals surface area contributed by atoms with Gasteiger partial charge in [0.25, 0.3) is 0 Å². The van der Waals surface area contributed by atoms with E-state index in [4.69, 9.17) is 10.6 Å². The molecule has 1 aromatic rings. The van der Waals surface area contributed by atoms with E-state index in [1.54, 1.807) is 6.07 Å². The number of ether oxygens (including phenoxy) is 1. The number of anilines is 2. The Bertz CT molecular complexity index is 267. The predicted molar refractivity (Wildman–Crippen MR) is 57.0 cm³/mol. The highest BCUT2D eigenvalue weighted by Gasteiger charge is 1.94. The molecule has 0 fully saturated rings. The summed E-state index contributed by atoms with van der Waals surface area (Å²) in [7, 11) is 0. The lowest BCUT2D eigenvalue weighted by atomic mass is 10.4. The van der Waals surface area contributed by atoms with Crippen molar-refractivity contribution in [2.45, 2.75) is 6.92 Å². The van der Waals surface area contributed by atoms with E-state index in [0.29, 0.717) is 12.4 Å². The molecule has 1 aromatic heterocycles. The molecule has 0 aliphatic heterocycles. The second-order valence-corrected chi connectivity index (χ2v) is 2.68. The number of hydrogen-bond donors (Lipinski definition) is 3. The standard InChI is InChI=1S/C9H16N4O/c1-2-14-7-6-11-8-4-3-5-9(12-8)13-10/h3-5H,2,6-7,10H2,1H3,(H2,11,12,13). The van der Waals surface area contributed by atoms with Crippen LogP contribution in [0.25, 0.3) is 0 Å². The third kappa shape index (κ3) is 3.59. The van der Waals surface area contributed by atoms with Gasteiger partial charge in [-0.15, -0.1) is 0 Å². The Morgan fingerprint density at radius 1 is 1.43 bits per heavy atom. The van der Waals surface area contributed by atoms with E-state index in [2.05, 4.69) is 15.7 Å². The fraction of sp³-hybridized carbons (Fsp3) is 0.444. The zero-order chi connectivity index (χ0) is 10.2. The highest BCUT2D eigenvalue weighted by Crippen LogP contribution is 2.06. The second kappa shape index (κ2) is 6.17. The Morgan fingerprint density at radius 2 is 2.21 bits per heavy atom. The predicted octanol–water partition coefficient (Wildman–Crippen LogP) is 0.816. The van der Waals surface area contributed by atoms with Crippen molar-refractivity contribution >= 4 is 11.6 Å². The van der Waals surface area contributed by atoms with Crippen LogP contribution in [0.15, 0.2) is 18.2 Å². The fourth-order valence-corrected chi connectivity index (χ4v) is 1.01. The Balaban J connectivity index is 2.34. The molecule has 1 rings (SSSR count). The zero-order valence-electron chi connectivity index (χ0n) is 8.29. The van der Waals surface area contributed by atoms with E-state index >= 15 is 0 Å². The number of nitrogens with zero attached hydrogens (tertiary/aromatic N) is 1. The first-order valence-electron chi connectivity index (χ1n) is 4.62. The lowest BCUT2D eigenvalue weighted by Crippen LogP contribution is -2.12. The summed E-state index contributed by atoms with van der Waals surface area (Å²) in [5.74, 6) is 6.67. The van der Waals surface area contributed by atoms with Crippen LogP contribution in [0.2, 0.25) is 0 Å². The summed E-state index contributed by atoms with van der Waals surface area (Å²) in [4.78, 5) is 4.19. The molecule has 0 spiro atoms. The average Bonchev–Trinajstić information content (AvgIpc) is 2.25. The molecule has 0 unspecified atom stereocenters. The van der Waals surface area contributed by atoms with E-state index in [1.807, 2.05) is 19.1 Å². The van der Waals surface area contributed by atoms with Gasteiger partial charge < -0.3 is 15.5 Å². The molecule has 0 aromatic carbocycles. The summed E-state index contributed by atoms with van der Waals surface area (Å²) in [6.45, 7) is 4.13. The Morgan fingerprint density at radius 3 is 2.93 bits per heavy atom. The second-order valence-electron chi connectivity index (χ2n) is 2.68. The molecular formula is C9H16N4O. The van der Waals surface area contributed by atoms with Crippen molar-refractivity contribution in [2.75, 3.05) is 30.5 Å². The van der Waals surface area contributed by atoms with Gasteiger partial charge >= 0.3 is 0 Å². The van der Waals surface area contributed by atoms with Crippen LogP contribution in [0.4, 0.5) is 11.6 Å². The minimum absolute atomic E-state index is 0.645. The number of rotatable bonds is 6. The molecule has 0 bridgehead atoms. The molecule has 4 N–H and O–H groups in total. The minimum Gasteiger partial charge on any atom is -0.380 e. The summed E-state index contributed by atoms with van der Waals surface area (Å²) >= 11 is 0. The molecule has 0 amide bonds. The van der Waals surface area contributed by atoms with Crippen molar-refractivity contribution in [3.8, 4) is 0 Å². The number of nitrogens with two attached hydrogens (primary N) is 1. The smallest absolute Gasteiger partial charge is 0.142 e. The van der Waals surface area contributed by atoms with E-state index in [1.165, 1.54) is 0 Å². The van der Waals surface area contributed by atoms with Crippen LogP contribution in [-0.2, 0) is 4.74 Å². The van der Waals surface area contributed by atoms with Crippen LogP contribution >= 0.6 is 0 Å².